The average molecular weight is 489 g/mol. The highest BCUT2D eigenvalue weighted by Crippen LogP contribution is 2.30. The van der Waals surface area contributed by atoms with Crippen molar-refractivity contribution in [3.8, 4) is 11.6 Å². The molecule has 0 unspecified atom stereocenters. The molecule has 9 heteroatoms. The van der Waals surface area contributed by atoms with E-state index in [2.05, 4.69) is 16.6 Å². The molecule has 0 spiro atoms. The number of aromatic nitrogens is 3. The Morgan fingerprint density at radius 3 is 2.76 bits per heavy atom. The molecule has 178 valence electrons. The SMILES string of the molecule is CSC[C@H]1CC[C@H](Nc2nccc(-n3ccc4c(OCCCS(C)(=O)=O)cccc43)n2)CC1. The second-order valence-corrected chi connectivity index (χ2v) is 11.9. The van der Waals surface area contributed by atoms with E-state index in [0.717, 1.165) is 41.2 Å². The van der Waals surface area contributed by atoms with E-state index in [1.54, 1.807) is 6.20 Å². The molecule has 1 saturated carbocycles. The summed E-state index contributed by atoms with van der Waals surface area (Å²) in [5.41, 5.74) is 0.984. The Bertz CT molecular complexity index is 1170. The van der Waals surface area contributed by atoms with E-state index in [-0.39, 0.29) is 5.75 Å². The minimum atomic E-state index is -2.98. The Morgan fingerprint density at radius 1 is 1.18 bits per heavy atom. The van der Waals surface area contributed by atoms with Crippen LogP contribution in [0.2, 0.25) is 0 Å². The van der Waals surface area contributed by atoms with Crippen molar-refractivity contribution in [3.63, 3.8) is 0 Å². The fourth-order valence-electron chi connectivity index (χ4n) is 4.41. The van der Waals surface area contributed by atoms with Crippen LogP contribution in [0.25, 0.3) is 16.7 Å². The molecule has 0 radical (unpaired) electrons. The zero-order valence-electron chi connectivity index (χ0n) is 19.2. The largest absolute Gasteiger partial charge is 0.493 e. The van der Waals surface area contributed by atoms with Crippen molar-refractivity contribution in [2.24, 2.45) is 5.92 Å². The lowest BCUT2D eigenvalue weighted by atomic mass is 9.87. The van der Waals surface area contributed by atoms with Crippen molar-refractivity contribution in [1.29, 1.82) is 0 Å². The van der Waals surface area contributed by atoms with E-state index in [9.17, 15) is 8.42 Å². The first-order valence-corrected chi connectivity index (χ1v) is 14.9. The third-order valence-corrected chi connectivity index (χ3v) is 7.91. The van der Waals surface area contributed by atoms with E-state index in [1.165, 1.54) is 24.9 Å². The minimum Gasteiger partial charge on any atom is -0.493 e. The van der Waals surface area contributed by atoms with Crippen LogP contribution in [0.4, 0.5) is 5.95 Å². The molecule has 0 aliphatic heterocycles. The van der Waals surface area contributed by atoms with Crippen molar-refractivity contribution in [2.75, 3.05) is 35.9 Å². The van der Waals surface area contributed by atoms with Gasteiger partial charge in [0.2, 0.25) is 5.95 Å². The molecular formula is C24H32N4O3S2. The first kappa shape index (κ1) is 23.9. The van der Waals surface area contributed by atoms with Gasteiger partial charge in [-0.1, -0.05) is 6.07 Å². The fourth-order valence-corrected chi connectivity index (χ4v) is 5.86. The standard InChI is InChI=1S/C24H32N4O3S2/c1-32-17-18-7-9-19(10-8-18)26-24-25-13-11-23(27-24)28-14-12-20-21(28)5-3-6-22(20)31-15-4-16-33(2,29)30/h3,5-6,11-14,18-19H,4,7-10,15-17H2,1-2H3,(H,25,26,27)/t18-,19-. The van der Waals surface area contributed by atoms with Crippen LogP contribution in [0, 0.1) is 5.92 Å². The van der Waals surface area contributed by atoms with E-state index < -0.39 is 9.84 Å². The highest BCUT2D eigenvalue weighted by atomic mass is 32.2. The molecule has 4 rings (SSSR count). The molecule has 0 atom stereocenters. The summed E-state index contributed by atoms with van der Waals surface area (Å²) < 4.78 is 30.6. The van der Waals surface area contributed by atoms with Gasteiger partial charge in [-0.05, 0) is 74.3 Å². The Kier molecular flexibility index (Phi) is 7.80. The molecule has 0 bridgehead atoms. The predicted molar refractivity (Wildman–Crippen MR) is 136 cm³/mol. The maximum Gasteiger partial charge on any atom is 0.224 e. The fraction of sp³-hybridized carbons (Fsp3) is 0.500. The molecule has 1 aromatic carbocycles. The molecule has 1 N–H and O–H groups in total. The van der Waals surface area contributed by atoms with Gasteiger partial charge in [0.25, 0.3) is 0 Å². The number of nitrogens with zero attached hydrogens (tertiary/aromatic N) is 3. The van der Waals surface area contributed by atoms with Crippen molar-refractivity contribution in [1.82, 2.24) is 14.5 Å². The van der Waals surface area contributed by atoms with E-state index >= 15 is 0 Å². The lowest BCUT2D eigenvalue weighted by Crippen LogP contribution is -2.27. The molecular weight excluding hydrogens is 456 g/mol. The van der Waals surface area contributed by atoms with Crippen LogP contribution in [-0.4, -0.2) is 59.6 Å². The smallest absolute Gasteiger partial charge is 0.224 e. The summed E-state index contributed by atoms with van der Waals surface area (Å²) in [5, 5.41) is 4.51. The van der Waals surface area contributed by atoms with Gasteiger partial charge in [-0.2, -0.15) is 16.7 Å². The molecule has 2 aromatic heterocycles. The number of thioether (sulfide) groups is 1. The van der Waals surface area contributed by atoms with Gasteiger partial charge in [-0.3, -0.25) is 0 Å². The number of benzene rings is 1. The van der Waals surface area contributed by atoms with Crippen LogP contribution >= 0.6 is 11.8 Å². The number of rotatable bonds is 10. The van der Waals surface area contributed by atoms with Crippen LogP contribution in [0.3, 0.4) is 0 Å². The molecule has 33 heavy (non-hydrogen) atoms. The summed E-state index contributed by atoms with van der Waals surface area (Å²) in [6.07, 6.45) is 12.5. The number of hydrogen-bond donors (Lipinski definition) is 1. The summed E-state index contributed by atoms with van der Waals surface area (Å²) in [4.78, 5) is 9.23. The maximum absolute atomic E-state index is 11.3. The van der Waals surface area contributed by atoms with Crippen LogP contribution in [0.5, 0.6) is 5.75 Å². The number of anilines is 1. The summed E-state index contributed by atoms with van der Waals surface area (Å²) in [6.45, 7) is 0.359. The highest BCUT2D eigenvalue weighted by molar-refractivity contribution is 7.98. The number of hydrogen-bond acceptors (Lipinski definition) is 7. The molecule has 2 heterocycles. The maximum atomic E-state index is 11.3. The number of fused-ring (bicyclic) bond motifs is 1. The molecule has 0 saturated heterocycles. The summed E-state index contributed by atoms with van der Waals surface area (Å²) in [5.74, 6) is 4.42. The van der Waals surface area contributed by atoms with E-state index in [1.807, 2.05) is 52.9 Å². The Hall–Kier alpha value is -2.26. The zero-order chi connectivity index (χ0) is 23.3. The second kappa shape index (κ2) is 10.8. The van der Waals surface area contributed by atoms with Crippen LogP contribution in [0.1, 0.15) is 32.1 Å². The molecule has 0 amide bonds. The second-order valence-electron chi connectivity index (χ2n) is 8.76. The van der Waals surface area contributed by atoms with Crippen molar-refractivity contribution >= 4 is 38.5 Å². The van der Waals surface area contributed by atoms with Crippen molar-refractivity contribution in [2.45, 2.75) is 38.1 Å². The van der Waals surface area contributed by atoms with E-state index in [4.69, 9.17) is 9.72 Å². The summed E-state index contributed by atoms with van der Waals surface area (Å²) in [6, 6.07) is 10.2. The lowest BCUT2D eigenvalue weighted by Gasteiger charge is -2.28. The number of sulfone groups is 1. The first-order valence-electron chi connectivity index (χ1n) is 11.4. The molecule has 1 aliphatic carbocycles. The summed E-state index contributed by atoms with van der Waals surface area (Å²) in [7, 11) is -2.98. The monoisotopic (exact) mass is 488 g/mol. The van der Waals surface area contributed by atoms with Crippen LogP contribution in [-0.2, 0) is 9.84 Å². The van der Waals surface area contributed by atoms with Crippen LogP contribution < -0.4 is 10.1 Å². The van der Waals surface area contributed by atoms with Gasteiger partial charge in [-0.25, -0.2) is 13.4 Å². The minimum absolute atomic E-state index is 0.125. The molecule has 3 aromatic rings. The summed E-state index contributed by atoms with van der Waals surface area (Å²) >= 11 is 1.94. The van der Waals surface area contributed by atoms with Gasteiger partial charge in [-0.15, -0.1) is 0 Å². The van der Waals surface area contributed by atoms with Crippen LogP contribution in [0.15, 0.2) is 42.7 Å². The topological polar surface area (TPSA) is 86.1 Å². The Labute approximate surface area is 200 Å². The predicted octanol–water partition coefficient (Wildman–Crippen LogP) is 4.57. The Morgan fingerprint density at radius 2 is 2.00 bits per heavy atom. The van der Waals surface area contributed by atoms with Crippen molar-refractivity contribution in [3.05, 3.63) is 42.7 Å². The van der Waals surface area contributed by atoms with E-state index in [0.29, 0.717) is 25.0 Å². The molecule has 7 nitrogen and oxygen atoms in total. The van der Waals surface area contributed by atoms with Gasteiger partial charge in [0, 0.05) is 30.1 Å². The quantitative estimate of drug-likeness (QED) is 0.418. The van der Waals surface area contributed by atoms with Gasteiger partial charge >= 0.3 is 0 Å². The first-order chi connectivity index (χ1) is 15.9. The lowest BCUT2D eigenvalue weighted by molar-refractivity contribution is 0.321. The Balaban J connectivity index is 1.45. The average Bonchev–Trinajstić information content (AvgIpc) is 3.23. The van der Waals surface area contributed by atoms with Gasteiger partial charge < -0.3 is 14.6 Å². The number of ether oxygens (including phenoxy) is 1. The zero-order valence-corrected chi connectivity index (χ0v) is 20.9. The third kappa shape index (κ3) is 6.41. The third-order valence-electron chi connectivity index (χ3n) is 6.08. The molecule has 1 aliphatic rings. The normalized spacial score (nSPS) is 19.0. The number of nitrogens with one attached hydrogen (secondary N) is 1. The van der Waals surface area contributed by atoms with Crippen molar-refractivity contribution < 1.29 is 13.2 Å². The van der Waals surface area contributed by atoms with Gasteiger partial charge in [0.1, 0.15) is 21.4 Å². The molecule has 1 fully saturated rings. The highest BCUT2D eigenvalue weighted by Gasteiger charge is 2.21. The van der Waals surface area contributed by atoms with Gasteiger partial charge in [0.15, 0.2) is 0 Å². The van der Waals surface area contributed by atoms with Gasteiger partial charge in [0.05, 0.1) is 17.9 Å².